The minimum Gasteiger partial charge on any atom is -0.491 e. The lowest BCUT2D eigenvalue weighted by atomic mass is 10.2. The van der Waals surface area contributed by atoms with Gasteiger partial charge in [0.15, 0.2) is 17.4 Å². The van der Waals surface area contributed by atoms with Crippen molar-refractivity contribution in [2.24, 2.45) is 0 Å². The summed E-state index contributed by atoms with van der Waals surface area (Å²) >= 11 is 0. The quantitative estimate of drug-likeness (QED) is 0.672. The molecule has 1 unspecified atom stereocenters. The Morgan fingerprint density at radius 3 is 2.32 bits per heavy atom. The van der Waals surface area contributed by atoms with Crippen LogP contribution >= 0.6 is 0 Å². The van der Waals surface area contributed by atoms with Crippen LogP contribution in [0.25, 0.3) is 0 Å². The maximum absolute atomic E-state index is 13.8. The third kappa shape index (κ3) is 2.94. The summed E-state index contributed by atoms with van der Waals surface area (Å²) in [4.78, 5) is 13.2. The van der Waals surface area contributed by atoms with Crippen LogP contribution in [0.2, 0.25) is 0 Å². The van der Waals surface area contributed by atoms with E-state index in [4.69, 9.17) is 4.74 Å². The van der Waals surface area contributed by atoms with E-state index in [0.717, 1.165) is 7.11 Å². The summed E-state index contributed by atoms with van der Waals surface area (Å²) in [6.07, 6.45) is -0.251. The molecule has 1 fully saturated rings. The van der Waals surface area contributed by atoms with Gasteiger partial charge in [0, 0.05) is 13.1 Å². The highest BCUT2D eigenvalue weighted by Crippen LogP contribution is 2.33. The van der Waals surface area contributed by atoms with E-state index >= 15 is 0 Å². The Morgan fingerprint density at radius 1 is 1.23 bits per heavy atom. The number of hydrogen-bond acceptors (Lipinski definition) is 3. The fourth-order valence-corrected chi connectivity index (χ4v) is 2.09. The highest BCUT2D eigenvalue weighted by Gasteiger charge is 2.29. The van der Waals surface area contributed by atoms with E-state index in [9.17, 15) is 22.4 Å². The standard InChI is InChI=1S/C13H14F4N2O3/c1-6-5-19(3-4-22-6)13(20)18-11-7(14)9(16)12(21-2)10(17)8(11)15/h6H,3-5H2,1-2H3,(H,18,20). The number of methoxy groups -OCH3 is 1. The molecule has 0 radical (unpaired) electrons. The number of carbonyl (C=O) groups excluding carboxylic acids is 1. The van der Waals surface area contributed by atoms with E-state index in [1.54, 1.807) is 6.92 Å². The Hall–Kier alpha value is -2.03. The summed E-state index contributed by atoms with van der Waals surface area (Å²) in [6.45, 7) is 2.36. The van der Waals surface area contributed by atoms with Gasteiger partial charge in [-0.2, -0.15) is 8.78 Å². The number of carbonyl (C=O) groups is 1. The zero-order valence-corrected chi connectivity index (χ0v) is 11.9. The summed E-state index contributed by atoms with van der Waals surface area (Å²) in [7, 11) is 0.869. The van der Waals surface area contributed by atoms with Crippen molar-refractivity contribution in [3.63, 3.8) is 0 Å². The van der Waals surface area contributed by atoms with Crippen molar-refractivity contribution < 1.29 is 31.8 Å². The molecule has 0 bridgehead atoms. The SMILES string of the molecule is COc1c(F)c(F)c(NC(=O)N2CCOC(C)C2)c(F)c1F. The largest absolute Gasteiger partial charge is 0.491 e. The molecule has 1 N–H and O–H groups in total. The van der Waals surface area contributed by atoms with Gasteiger partial charge in [-0.3, -0.25) is 0 Å². The lowest BCUT2D eigenvalue weighted by molar-refractivity contribution is -0.00140. The van der Waals surface area contributed by atoms with Gasteiger partial charge in [-0.25, -0.2) is 13.6 Å². The van der Waals surface area contributed by atoms with Gasteiger partial charge in [0.1, 0.15) is 5.69 Å². The summed E-state index contributed by atoms with van der Waals surface area (Å²) in [6, 6.07) is -0.878. The van der Waals surface area contributed by atoms with Crippen molar-refractivity contribution >= 4 is 11.7 Å². The fraction of sp³-hybridized carbons (Fsp3) is 0.462. The number of benzene rings is 1. The Bertz CT molecular complexity index is 568. The second-order valence-corrected chi connectivity index (χ2v) is 4.72. The zero-order chi connectivity index (χ0) is 16.4. The molecule has 2 amide bonds. The molecule has 1 aromatic carbocycles. The minimum atomic E-state index is -1.73. The molecule has 1 atom stereocenters. The van der Waals surface area contributed by atoms with Crippen LogP contribution in [0.3, 0.4) is 0 Å². The number of halogens is 4. The second-order valence-electron chi connectivity index (χ2n) is 4.72. The van der Waals surface area contributed by atoms with E-state index < -0.39 is 40.7 Å². The van der Waals surface area contributed by atoms with Gasteiger partial charge in [-0.15, -0.1) is 0 Å². The number of anilines is 1. The number of urea groups is 1. The Balaban J connectivity index is 2.28. The van der Waals surface area contributed by atoms with Crippen molar-refractivity contribution in [3.8, 4) is 5.75 Å². The summed E-state index contributed by atoms with van der Waals surface area (Å²) in [5.74, 6) is -8.08. The van der Waals surface area contributed by atoms with Crippen LogP contribution in [0, 0.1) is 23.3 Å². The van der Waals surface area contributed by atoms with Crippen LogP contribution in [-0.4, -0.2) is 43.8 Å². The van der Waals surface area contributed by atoms with Gasteiger partial charge >= 0.3 is 6.03 Å². The molecule has 22 heavy (non-hydrogen) atoms. The minimum absolute atomic E-state index is 0.191. The summed E-state index contributed by atoms with van der Waals surface area (Å²) in [5, 5.41) is 1.85. The lowest BCUT2D eigenvalue weighted by Crippen LogP contribution is -2.46. The summed E-state index contributed by atoms with van der Waals surface area (Å²) in [5.41, 5.74) is -1.19. The molecule has 5 nitrogen and oxygen atoms in total. The van der Waals surface area contributed by atoms with E-state index in [1.165, 1.54) is 4.90 Å². The molecule has 9 heteroatoms. The molecule has 1 aromatic rings. The third-order valence-electron chi connectivity index (χ3n) is 3.19. The van der Waals surface area contributed by atoms with Gasteiger partial charge in [0.25, 0.3) is 0 Å². The molecule has 1 saturated heterocycles. The van der Waals surface area contributed by atoms with Crippen molar-refractivity contribution in [3.05, 3.63) is 23.3 Å². The van der Waals surface area contributed by atoms with Gasteiger partial charge in [-0.05, 0) is 6.92 Å². The average Bonchev–Trinajstić information content (AvgIpc) is 2.50. The topological polar surface area (TPSA) is 50.8 Å². The predicted octanol–water partition coefficient (Wildman–Crippen LogP) is 2.50. The predicted molar refractivity (Wildman–Crippen MR) is 68.8 cm³/mol. The maximum Gasteiger partial charge on any atom is 0.322 e. The number of rotatable bonds is 2. The number of nitrogens with one attached hydrogen (secondary N) is 1. The number of ether oxygens (including phenoxy) is 2. The Labute approximate surface area is 123 Å². The van der Waals surface area contributed by atoms with Crippen LogP contribution in [-0.2, 0) is 4.74 Å². The number of hydrogen-bond donors (Lipinski definition) is 1. The monoisotopic (exact) mass is 322 g/mol. The first kappa shape index (κ1) is 16.3. The first-order chi connectivity index (χ1) is 10.4. The molecule has 1 aliphatic rings. The van der Waals surface area contributed by atoms with Crippen LogP contribution < -0.4 is 10.1 Å². The average molecular weight is 322 g/mol. The number of nitrogens with zero attached hydrogens (tertiary/aromatic N) is 1. The first-order valence-corrected chi connectivity index (χ1v) is 6.44. The fourth-order valence-electron chi connectivity index (χ4n) is 2.09. The highest BCUT2D eigenvalue weighted by atomic mass is 19.2. The molecule has 0 aliphatic carbocycles. The highest BCUT2D eigenvalue weighted by molar-refractivity contribution is 5.89. The number of amides is 2. The number of morpholine rings is 1. The van der Waals surface area contributed by atoms with E-state index in [2.05, 4.69) is 4.74 Å². The van der Waals surface area contributed by atoms with E-state index in [0.29, 0.717) is 0 Å². The van der Waals surface area contributed by atoms with E-state index in [1.807, 2.05) is 5.32 Å². The lowest BCUT2D eigenvalue weighted by Gasteiger charge is -2.31. The third-order valence-corrected chi connectivity index (χ3v) is 3.19. The van der Waals surface area contributed by atoms with Crippen molar-refractivity contribution in [2.45, 2.75) is 13.0 Å². The van der Waals surface area contributed by atoms with Crippen LogP contribution in [0.15, 0.2) is 0 Å². The molecular formula is C13H14F4N2O3. The van der Waals surface area contributed by atoms with Crippen molar-refractivity contribution in [1.82, 2.24) is 4.90 Å². The normalized spacial score (nSPS) is 18.3. The van der Waals surface area contributed by atoms with E-state index in [-0.39, 0.29) is 25.8 Å². The van der Waals surface area contributed by atoms with Gasteiger partial charge in [0.2, 0.25) is 11.6 Å². The molecule has 1 aliphatic heterocycles. The van der Waals surface area contributed by atoms with Gasteiger partial charge < -0.3 is 19.7 Å². The molecule has 122 valence electrons. The Morgan fingerprint density at radius 2 is 1.82 bits per heavy atom. The maximum atomic E-state index is 13.8. The van der Waals surface area contributed by atoms with Gasteiger partial charge in [0.05, 0.1) is 19.8 Å². The second kappa shape index (κ2) is 6.39. The van der Waals surface area contributed by atoms with Crippen LogP contribution in [0.4, 0.5) is 28.0 Å². The molecule has 2 rings (SSSR count). The first-order valence-electron chi connectivity index (χ1n) is 6.44. The van der Waals surface area contributed by atoms with Crippen molar-refractivity contribution in [1.29, 1.82) is 0 Å². The summed E-state index contributed by atoms with van der Waals surface area (Å²) < 4.78 is 64.2. The molecule has 0 spiro atoms. The van der Waals surface area contributed by atoms with Crippen molar-refractivity contribution in [2.75, 3.05) is 32.1 Å². The molecule has 0 saturated carbocycles. The molecule has 0 aromatic heterocycles. The van der Waals surface area contributed by atoms with Crippen LogP contribution in [0.1, 0.15) is 6.92 Å². The van der Waals surface area contributed by atoms with Crippen LogP contribution in [0.5, 0.6) is 5.75 Å². The molecular weight excluding hydrogens is 308 g/mol. The Kier molecular flexibility index (Phi) is 4.74. The smallest absolute Gasteiger partial charge is 0.322 e. The zero-order valence-electron chi connectivity index (χ0n) is 11.9. The van der Waals surface area contributed by atoms with Gasteiger partial charge in [-0.1, -0.05) is 0 Å². The molecule has 1 heterocycles.